The van der Waals surface area contributed by atoms with Gasteiger partial charge in [0, 0.05) is 7.05 Å². The minimum absolute atomic E-state index is 0.0764. The van der Waals surface area contributed by atoms with Gasteiger partial charge in [-0.15, -0.1) is 0 Å². The fourth-order valence-electron chi connectivity index (χ4n) is 0.738. The molecule has 54 valence electrons. The highest BCUT2D eigenvalue weighted by Crippen LogP contribution is 2.23. The molecule has 0 spiro atoms. The van der Waals surface area contributed by atoms with Crippen LogP contribution in [-0.4, -0.2) is 17.4 Å². The Bertz CT molecular complexity index is 223. The second-order valence-corrected chi connectivity index (χ2v) is 2.01. The van der Waals surface area contributed by atoms with Crippen molar-refractivity contribution in [3.8, 4) is 5.75 Å². The summed E-state index contributed by atoms with van der Waals surface area (Å²) < 4.78 is 0. The predicted molar refractivity (Wildman–Crippen MR) is 38.3 cm³/mol. The first-order valence-corrected chi connectivity index (χ1v) is 2.92. The molecule has 1 aromatic carbocycles. The van der Waals surface area contributed by atoms with Crippen LogP contribution >= 0.6 is 0 Å². The Hall–Kier alpha value is -1.22. The lowest BCUT2D eigenvalue weighted by Gasteiger charge is -2.10. The zero-order chi connectivity index (χ0) is 7.56. The van der Waals surface area contributed by atoms with E-state index in [4.69, 9.17) is 10.3 Å². The van der Waals surface area contributed by atoms with Crippen molar-refractivity contribution >= 4 is 5.69 Å². The molecule has 0 saturated carbocycles. The molecule has 0 aliphatic carbocycles. The van der Waals surface area contributed by atoms with Gasteiger partial charge in [0.2, 0.25) is 0 Å². The molecule has 0 bridgehead atoms. The summed E-state index contributed by atoms with van der Waals surface area (Å²) in [5.41, 5.74) is 0.405. The van der Waals surface area contributed by atoms with Crippen LogP contribution in [0.1, 0.15) is 0 Å². The van der Waals surface area contributed by atoms with Crippen molar-refractivity contribution in [3.63, 3.8) is 0 Å². The Morgan fingerprint density at radius 1 is 1.30 bits per heavy atom. The van der Waals surface area contributed by atoms with Gasteiger partial charge in [0.25, 0.3) is 0 Å². The lowest BCUT2D eigenvalue weighted by atomic mass is 10.3. The maximum absolute atomic E-state index is 9.08. The molecule has 0 aromatic heterocycles. The van der Waals surface area contributed by atoms with E-state index in [1.54, 1.807) is 18.2 Å². The Labute approximate surface area is 59.1 Å². The topological polar surface area (TPSA) is 43.7 Å². The molecule has 0 atom stereocenters. The number of hydroxylamine groups is 1. The number of phenols is 1. The fraction of sp³-hybridized carbons (Fsp3) is 0.143. The van der Waals surface area contributed by atoms with Crippen molar-refractivity contribution in [3.05, 3.63) is 24.3 Å². The number of rotatable bonds is 1. The van der Waals surface area contributed by atoms with Crippen LogP contribution in [0.3, 0.4) is 0 Å². The van der Waals surface area contributed by atoms with Gasteiger partial charge >= 0.3 is 0 Å². The fourth-order valence-corrected chi connectivity index (χ4v) is 0.738. The zero-order valence-corrected chi connectivity index (χ0v) is 5.65. The third-order valence-electron chi connectivity index (χ3n) is 1.23. The van der Waals surface area contributed by atoms with E-state index in [9.17, 15) is 0 Å². The quantitative estimate of drug-likeness (QED) is 0.575. The largest absolute Gasteiger partial charge is 0.506 e. The minimum atomic E-state index is 0.0764. The van der Waals surface area contributed by atoms with E-state index in [-0.39, 0.29) is 5.75 Å². The van der Waals surface area contributed by atoms with E-state index >= 15 is 0 Å². The first-order chi connectivity index (χ1) is 4.72. The highest BCUT2D eigenvalue weighted by atomic mass is 16.5. The molecule has 0 aliphatic heterocycles. The summed E-state index contributed by atoms with van der Waals surface area (Å²) in [5.74, 6) is 0.0764. The summed E-state index contributed by atoms with van der Waals surface area (Å²) in [7, 11) is 1.45. The Kier molecular flexibility index (Phi) is 1.78. The van der Waals surface area contributed by atoms with Gasteiger partial charge in [-0.2, -0.15) is 0 Å². The van der Waals surface area contributed by atoms with Crippen LogP contribution in [0, 0.1) is 0 Å². The lowest BCUT2D eigenvalue weighted by molar-refractivity contribution is 0.275. The number of para-hydroxylation sites is 2. The highest BCUT2D eigenvalue weighted by Gasteiger charge is 2.00. The normalized spacial score (nSPS) is 9.40. The van der Waals surface area contributed by atoms with E-state index in [1.807, 2.05) is 0 Å². The van der Waals surface area contributed by atoms with Crippen LogP contribution in [0.15, 0.2) is 24.3 Å². The number of hydrogen-bond acceptors (Lipinski definition) is 3. The van der Waals surface area contributed by atoms with Crippen molar-refractivity contribution in [2.75, 3.05) is 12.1 Å². The van der Waals surface area contributed by atoms with Crippen LogP contribution in [0.2, 0.25) is 0 Å². The van der Waals surface area contributed by atoms with Crippen LogP contribution in [0.5, 0.6) is 5.75 Å². The van der Waals surface area contributed by atoms with Crippen LogP contribution in [0.4, 0.5) is 5.69 Å². The van der Waals surface area contributed by atoms with E-state index in [0.29, 0.717) is 5.69 Å². The molecular weight excluding hydrogens is 130 g/mol. The van der Waals surface area contributed by atoms with Crippen LogP contribution in [0.25, 0.3) is 0 Å². The molecule has 3 nitrogen and oxygen atoms in total. The monoisotopic (exact) mass is 139 g/mol. The summed E-state index contributed by atoms with van der Waals surface area (Å²) in [4.78, 5) is 0. The van der Waals surface area contributed by atoms with E-state index in [0.717, 1.165) is 5.06 Å². The molecule has 2 N–H and O–H groups in total. The molecular formula is C7H9NO2. The van der Waals surface area contributed by atoms with Crippen molar-refractivity contribution in [1.29, 1.82) is 0 Å². The van der Waals surface area contributed by atoms with E-state index in [2.05, 4.69) is 0 Å². The van der Waals surface area contributed by atoms with Crippen molar-refractivity contribution in [2.45, 2.75) is 0 Å². The molecule has 3 heteroatoms. The third kappa shape index (κ3) is 1.19. The van der Waals surface area contributed by atoms with Gasteiger partial charge in [-0.25, -0.2) is 0 Å². The van der Waals surface area contributed by atoms with Crippen LogP contribution in [-0.2, 0) is 0 Å². The van der Waals surface area contributed by atoms with Gasteiger partial charge < -0.3 is 5.11 Å². The van der Waals surface area contributed by atoms with Crippen molar-refractivity contribution in [1.82, 2.24) is 0 Å². The third-order valence-corrected chi connectivity index (χ3v) is 1.23. The summed E-state index contributed by atoms with van der Waals surface area (Å²) >= 11 is 0. The SMILES string of the molecule is CN(O)c1ccccc1O. The van der Waals surface area contributed by atoms with Gasteiger partial charge in [0.15, 0.2) is 0 Å². The summed E-state index contributed by atoms with van der Waals surface area (Å²) in [6.45, 7) is 0. The second kappa shape index (κ2) is 2.58. The van der Waals surface area contributed by atoms with E-state index in [1.165, 1.54) is 13.1 Å². The van der Waals surface area contributed by atoms with Gasteiger partial charge in [0.1, 0.15) is 11.4 Å². The first kappa shape index (κ1) is 6.89. The average molecular weight is 139 g/mol. The number of anilines is 1. The number of aromatic hydroxyl groups is 1. The van der Waals surface area contributed by atoms with Gasteiger partial charge in [0.05, 0.1) is 0 Å². The summed E-state index contributed by atoms with van der Waals surface area (Å²) in [6.07, 6.45) is 0. The van der Waals surface area contributed by atoms with Gasteiger partial charge in [-0.05, 0) is 12.1 Å². The smallest absolute Gasteiger partial charge is 0.141 e. The number of phenolic OH excluding ortho intramolecular Hbond substituents is 1. The minimum Gasteiger partial charge on any atom is -0.506 e. The Morgan fingerprint density at radius 2 is 1.90 bits per heavy atom. The molecule has 1 aromatic rings. The van der Waals surface area contributed by atoms with Gasteiger partial charge in [-0.1, -0.05) is 12.1 Å². The van der Waals surface area contributed by atoms with Gasteiger partial charge in [-0.3, -0.25) is 10.3 Å². The number of hydrogen-bond donors (Lipinski definition) is 2. The first-order valence-electron chi connectivity index (χ1n) is 2.92. The van der Waals surface area contributed by atoms with Crippen molar-refractivity contribution < 1.29 is 10.3 Å². The molecule has 0 amide bonds. The predicted octanol–water partition coefficient (Wildman–Crippen LogP) is 1.22. The average Bonchev–Trinajstić information content (AvgIpc) is 1.88. The zero-order valence-electron chi connectivity index (χ0n) is 5.65. The second-order valence-electron chi connectivity index (χ2n) is 2.01. The summed E-state index contributed by atoms with van der Waals surface area (Å²) in [5, 5.41) is 18.8. The molecule has 0 radical (unpaired) electrons. The standard InChI is InChI=1S/C7H9NO2/c1-8(10)6-4-2-3-5-7(6)9/h2-5,9-10H,1H3. The molecule has 1 rings (SSSR count). The Morgan fingerprint density at radius 3 is 2.30 bits per heavy atom. The molecule has 0 aliphatic rings. The number of nitrogens with zero attached hydrogens (tertiary/aromatic N) is 1. The Balaban J connectivity index is 3.03. The summed E-state index contributed by atoms with van der Waals surface area (Å²) in [6, 6.07) is 6.57. The van der Waals surface area contributed by atoms with E-state index < -0.39 is 0 Å². The highest BCUT2D eigenvalue weighted by molar-refractivity contribution is 5.54. The van der Waals surface area contributed by atoms with Crippen molar-refractivity contribution in [2.24, 2.45) is 0 Å². The lowest BCUT2D eigenvalue weighted by Crippen LogP contribution is -2.09. The van der Waals surface area contributed by atoms with Crippen LogP contribution < -0.4 is 5.06 Å². The maximum atomic E-state index is 9.08. The molecule has 0 saturated heterocycles. The molecule has 0 heterocycles. The maximum Gasteiger partial charge on any atom is 0.141 e. The molecule has 10 heavy (non-hydrogen) atoms. The molecule has 0 fully saturated rings. The number of benzene rings is 1. The molecule has 0 unspecified atom stereocenters.